The fourth-order valence-corrected chi connectivity index (χ4v) is 3.87. The Morgan fingerprint density at radius 1 is 1.06 bits per heavy atom. The average Bonchev–Trinajstić information content (AvgIpc) is 3.34. The van der Waals surface area contributed by atoms with Gasteiger partial charge in [-0.2, -0.15) is 13.2 Å². The number of thioether (sulfide) groups is 1. The van der Waals surface area contributed by atoms with Crippen LogP contribution in [-0.2, 0) is 11.9 Å². The van der Waals surface area contributed by atoms with E-state index in [1.807, 2.05) is 13.8 Å². The number of hydrogen-bond donors (Lipinski definition) is 0. The summed E-state index contributed by atoms with van der Waals surface area (Å²) in [6.07, 6.45) is -4.47. The molecule has 10 heteroatoms. The van der Waals surface area contributed by atoms with Gasteiger partial charge in [0.1, 0.15) is 11.5 Å². The standard InChI is InChI=1S/C22H19F3N4O2S/c1-13-14(2)31-19(26-13)12-32-21-28-27-20(15-7-9-18(30-3)10-8-15)29(21)17-6-4-5-16(11-17)22(23,24)25/h4-11H,12H2,1-3H3. The molecule has 0 amide bonds. The first-order valence-electron chi connectivity index (χ1n) is 9.59. The third kappa shape index (κ3) is 4.50. The Balaban J connectivity index is 1.77. The summed E-state index contributed by atoms with van der Waals surface area (Å²) in [6.45, 7) is 3.67. The second-order valence-corrected chi connectivity index (χ2v) is 7.90. The van der Waals surface area contributed by atoms with Crippen LogP contribution in [0.3, 0.4) is 0 Å². The number of aryl methyl sites for hydroxylation is 2. The molecule has 0 fully saturated rings. The highest BCUT2D eigenvalue weighted by Crippen LogP contribution is 2.34. The van der Waals surface area contributed by atoms with Crippen LogP contribution in [0.15, 0.2) is 58.1 Å². The smallest absolute Gasteiger partial charge is 0.416 e. The lowest BCUT2D eigenvalue weighted by molar-refractivity contribution is -0.137. The van der Waals surface area contributed by atoms with Crippen molar-refractivity contribution < 1.29 is 22.3 Å². The fourth-order valence-electron chi connectivity index (χ4n) is 3.07. The second-order valence-electron chi connectivity index (χ2n) is 6.96. The Morgan fingerprint density at radius 3 is 2.44 bits per heavy atom. The van der Waals surface area contributed by atoms with Crippen LogP contribution in [0.4, 0.5) is 13.2 Å². The van der Waals surface area contributed by atoms with Gasteiger partial charge in [-0.1, -0.05) is 17.8 Å². The van der Waals surface area contributed by atoms with Crippen LogP contribution >= 0.6 is 11.8 Å². The molecule has 4 rings (SSSR count). The first-order chi connectivity index (χ1) is 15.3. The van der Waals surface area contributed by atoms with E-state index in [4.69, 9.17) is 9.15 Å². The van der Waals surface area contributed by atoms with Gasteiger partial charge in [0.05, 0.1) is 29.8 Å². The van der Waals surface area contributed by atoms with E-state index in [0.29, 0.717) is 39.6 Å². The molecular formula is C22H19F3N4O2S. The number of hydrogen-bond acceptors (Lipinski definition) is 6. The van der Waals surface area contributed by atoms with Gasteiger partial charge in [0.2, 0.25) is 5.89 Å². The molecule has 0 bridgehead atoms. The third-order valence-electron chi connectivity index (χ3n) is 4.81. The molecule has 0 N–H and O–H groups in total. The van der Waals surface area contributed by atoms with Gasteiger partial charge in [0.15, 0.2) is 11.0 Å². The number of benzene rings is 2. The largest absolute Gasteiger partial charge is 0.497 e. The molecule has 0 unspecified atom stereocenters. The summed E-state index contributed by atoms with van der Waals surface area (Å²) in [5, 5.41) is 8.93. The molecule has 166 valence electrons. The molecular weight excluding hydrogens is 441 g/mol. The SMILES string of the molecule is COc1ccc(-c2nnc(SCc3nc(C)c(C)o3)n2-c2cccc(C(F)(F)F)c2)cc1. The van der Waals surface area contributed by atoms with Crippen LogP contribution in [-0.4, -0.2) is 26.9 Å². The van der Waals surface area contributed by atoms with E-state index in [2.05, 4.69) is 15.2 Å². The van der Waals surface area contributed by atoms with Gasteiger partial charge in [0, 0.05) is 5.56 Å². The van der Waals surface area contributed by atoms with E-state index in [-0.39, 0.29) is 0 Å². The zero-order valence-corrected chi connectivity index (χ0v) is 18.3. The minimum atomic E-state index is -4.47. The molecule has 4 aromatic rings. The normalized spacial score (nSPS) is 11.7. The zero-order chi connectivity index (χ0) is 22.9. The Kier molecular flexibility index (Phi) is 5.96. The van der Waals surface area contributed by atoms with Gasteiger partial charge in [-0.25, -0.2) is 4.98 Å². The van der Waals surface area contributed by atoms with Crippen LogP contribution in [0.1, 0.15) is 22.9 Å². The maximum atomic E-state index is 13.3. The number of halogens is 3. The predicted octanol–water partition coefficient (Wildman–Crippen LogP) is 5.86. The lowest BCUT2D eigenvalue weighted by Gasteiger charge is -2.13. The van der Waals surface area contributed by atoms with Crippen molar-refractivity contribution in [3.63, 3.8) is 0 Å². The molecule has 0 aliphatic heterocycles. The number of rotatable bonds is 6. The summed E-state index contributed by atoms with van der Waals surface area (Å²) in [7, 11) is 1.56. The molecule has 0 aliphatic carbocycles. The van der Waals surface area contributed by atoms with E-state index in [1.54, 1.807) is 42.0 Å². The zero-order valence-electron chi connectivity index (χ0n) is 17.5. The summed E-state index contributed by atoms with van der Waals surface area (Å²) in [6, 6.07) is 12.1. The Bertz CT molecular complexity index is 1210. The van der Waals surface area contributed by atoms with Crippen LogP contribution in [0.25, 0.3) is 17.1 Å². The highest BCUT2D eigenvalue weighted by Gasteiger charge is 2.31. The number of ether oxygens (including phenoxy) is 1. The van der Waals surface area contributed by atoms with Crippen LogP contribution in [0.5, 0.6) is 5.75 Å². The number of aromatic nitrogens is 4. The number of oxazole rings is 1. The Morgan fingerprint density at radius 2 is 1.81 bits per heavy atom. The number of methoxy groups -OCH3 is 1. The maximum Gasteiger partial charge on any atom is 0.416 e. The molecule has 6 nitrogen and oxygen atoms in total. The molecule has 0 saturated heterocycles. The summed E-state index contributed by atoms with van der Waals surface area (Å²) in [5.74, 6) is 2.65. The monoisotopic (exact) mass is 460 g/mol. The van der Waals surface area contributed by atoms with Crippen molar-refractivity contribution >= 4 is 11.8 Å². The lowest BCUT2D eigenvalue weighted by atomic mass is 10.1. The molecule has 0 aliphatic rings. The lowest BCUT2D eigenvalue weighted by Crippen LogP contribution is -2.07. The highest BCUT2D eigenvalue weighted by atomic mass is 32.2. The molecule has 0 spiro atoms. The van der Waals surface area contributed by atoms with Gasteiger partial charge >= 0.3 is 6.18 Å². The Hall–Kier alpha value is -3.27. The van der Waals surface area contributed by atoms with Crippen molar-refractivity contribution in [1.29, 1.82) is 0 Å². The van der Waals surface area contributed by atoms with Crippen LogP contribution in [0.2, 0.25) is 0 Å². The maximum absolute atomic E-state index is 13.3. The van der Waals surface area contributed by atoms with E-state index >= 15 is 0 Å². The van der Waals surface area contributed by atoms with Crippen molar-refractivity contribution in [2.24, 2.45) is 0 Å². The summed E-state index contributed by atoms with van der Waals surface area (Å²) < 4.78 is 52.4. The Labute approximate surface area is 186 Å². The minimum absolute atomic E-state index is 0.304. The molecule has 2 aromatic carbocycles. The van der Waals surface area contributed by atoms with Crippen molar-refractivity contribution in [3.05, 3.63) is 71.4 Å². The average molecular weight is 460 g/mol. The molecule has 0 radical (unpaired) electrons. The number of alkyl halides is 3. The van der Waals surface area contributed by atoms with Gasteiger partial charge in [-0.05, 0) is 56.3 Å². The first-order valence-corrected chi connectivity index (χ1v) is 10.6. The quantitative estimate of drug-likeness (QED) is 0.336. The molecule has 0 atom stereocenters. The molecule has 2 aromatic heterocycles. The second kappa shape index (κ2) is 8.70. The first kappa shape index (κ1) is 21.9. The van der Waals surface area contributed by atoms with Gasteiger partial charge in [-0.15, -0.1) is 10.2 Å². The van der Waals surface area contributed by atoms with Crippen molar-refractivity contribution in [2.45, 2.75) is 30.9 Å². The number of nitrogens with zero attached hydrogens (tertiary/aromatic N) is 4. The molecule has 0 saturated carbocycles. The van der Waals surface area contributed by atoms with E-state index in [9.17, 15) is 13.2 Å². The summed E-state index contributed by atoms with van der Waals surface area (Å²) in [4.78, 5) is 4.35. The summed E-state index contributed by atoms with van der Waals surface area (Å²) in [5.41, 5.74) is 1.03. The van der Waals surface area contributed by atoms with Crippen molar-refractivity contribution in [1.82, 2.24) is 19.7 Å². The summed E-state index contributed by atoms with van der Waals surface area (Å²) >= 11 is 1.28. The van der Waals surface area contributed by atoms with Gasteiger partial charge in [-0.3, -0.25) is 4.57 Å². The third-order valence-corrected chi connectivity index (χ3v) is 5.72. The van der Waals surface area contributed by atoms with E-state index in [0.717, 1.165) is 23.6 Å². The van der Waals surface area contributed by atoms with Gasteiger partial charge in [0.25, 0.3) is 0 Å². The van der Waals surface area contributed by atoms with Crippen molar-refractivity contribution in [2.75, 3.05) is 7.11 Å². The predicted molar refractivity (Wildman–Crippen MR) is 114 cm³/mol. The van der Waals surface area contributed by atoms with Crippen molar-refractivity contribution in [3.8, 4) is 22.8 Å². The fraction of sp³-hybridized carbons (Fsp3) is 0.227. The molecule has 32 heavy (non-hydrogen) atoms. The van der Waals surface area contributed by atoms with Crippen LogP contribution < -0.4 is 4.74 Å². The van der Waals surface area contributed by atoms with E-state index < -0.39 is 11.7 Å². The van der Waals surface area contributed by atoms with Crippen LogP contribution in [0, 0.1) is 13.8 Å². The van der Waals surface area contributed by atoms with E-state index in [1.165, 1.54) is 17.8 Å². The minimum Gasteiger partial charge on any atom is -0.497 e. The van der Waals surface area contributed by atoms with Gasteiger partial charge < -0.3 is 9.15 Å². The highest BCUT2D eigenvalue weighted by molar-refractivity contribution is 7.98. The molecule has 2 heterocycles. The topological polar surface area (TPSA) is 66.0 Å².